The minimum Gasteiger partial charge on any atom is -0.483 e. The van der Waals surface area contributed by atoms with Crippen LogP contribution in [0.3, 0.4) is 0 Å². The molecule has 0 aliphatic rings. The molecule has 0 aliphatic heterocycles. The zero-order chi connectivity index (χ0) is 21.2. The number of benzene rings is 1. The van der Waals surface area contributed by atoms with E-state index >= 15 is 0 Å². The summed E-state index contributed by atoms with van der Waals surface area (Å²) in [5.74, 6) is -10.9. The molecule has 2 rings (SSSR count). The lowest BCUT2D eigenvalue weighted by molar-refractivity contribution is -0.499. The summed E-state index contributed by atoms with van der Waals surface area (Å²) in [5.41, 5.74) is -5.03. The number of pyridine rings is 1. The molecule has 0 radical (unpaired) electrons. The number of H-pyrrole nitrogens is 1. The van der Waals surface area contributed by atoms with Gasteiger partial charge >= 0.3 is 17.7 Å². The lowest BCUT2D eigenvalue weighted by Gasteiger charge is -2.40. The average molecular weight is 398 g/mol. The van der Waals surface area contributed by atoms with Gasteiger partial charge in [-0.05, 0) is 5.56 Å². The lowest BCUT2D eigenvalue weighted by atomic mass is 10.1. The Morgan fingerprint density at radius 1 is 0.964 bits per heavy atom. The van der Waals surface area contributed by atoms with Gasteiger partial charge in [-0.3, -0.25) is 9.59 Å². The van der Waals surface area contributed by atoms with Gasteiger partial charge in [0.2, 0.25) is 5.43 Å². The Hall–Kier alpha value is -2.84. The number of aromatic nitrogens is 1. The van der Waals surface area contributed by atoms with Crippen LogP contribution in [0.25, 0.3) is 0 Å². The second kappa shape index (κ2) is 7.65. The number of aliphatic hydroxyl groups is 7. The largest absolute Gasteiger partial charge is 0.483 e. The predicted octanol–water partition coefficient (Wildman–Crippen LogP) is -3.37. The first-order chi connectivity index (χ1) is 12.9. The smallest absolute Gasteiger partial charge is 0.335 e. The first-order valence-corrected chi connectivity index (χ1v) is 7.64. The number of carbonyl (C=O) groups is 1. The first-order valence-electron chi connectivity index (χ1n) is 7.64. The molecule has 1 aromatic carbocycles. The van der Waals surface area contributed by atoms with E-state index in [0.717, 1.165) is 12.3 Å². The van der Waals surface area contributed by atoms with E-state index in [2.05, 4.69) is 4.98 Å². The third kappa shape index (κ3) is 4.35. The SMILES string of the molecule is O=C(NC(O)(C(O)(O)O)C(O)(O)O)c1[nH]ccc(=O)c1OCc1ccccc1. The van der Waals surface area contributed by atoms with E-state index in [1.165, 1.54) is 5.32 Å². The topological polar surface area (TPSA) is 213 Å². The van der Waals surface area contributed by atoms with Crippen molar-refractivity contribution in [2.24, 2.45) is 0 Å². The number of aromatic amines is 1. The van der Waals surface area contributed by atoms with Gasteiger partial charge in [-0.1, -0.05) is 30.3 Å². The number of hydrogen-bond donors (Lipinski definition) is 9. The number of nitrogens with one attached hydrogen (secondary N) is 2. The zero-order valence-electron chi connectivity index (χ0n) is 14.1. The quantitative estimate of drug-likeness (QED) is 0.211. The summed E-state index contributed by atoms with van der Waals surface area (Å²) in [4.78, 5) is 26.7. The molecular weight excluding hydrogens is 380 g/mol. The maximum Gasteiger partial charge on any atom is 0.335 e. The molecule has 9 N–H and O–H groups in total. The summed E-state index contributed by atoms with van der Waals surface area (Å²) in [5, 5.41) is 65.7. The van der Waals surface area contributed by atoms with E-state index in [-0.39, 0.29) is 6.61 Å². The molecule has 12 heteroatoms. The highest BCUT2D eigenvalue weighted by Gasteiger charge is 2.64. The van der Waals surface area contributed by atoms with Gasteiger partial charge in [-0.15, -0.1) is 0 Å². The van der Waals surface area contributed by atoms with E-state index in [4.69, 9.17) is 35.4 Å². The van der Waals surface area contributed by atoms with Crippen LogP contribution in [-0.4, -0.2) is 64.3 Å². The van der Waals surface area contributed by atoms with Crippen LogP contribution >= 0.6 is 0 Å². The number of carbonyl (C=O) groups excluding carboxylic acids is 1. The Morgan fingerprint density at radius 2 is 1.54 bits per heavy atom. The fourth-order valence-corrected chi connectivity index (χ4v) is 2.13. The molecule has 0 saturated heterocycles. The Labute approximate surface area is 156 Å². The molecule has 1 amide bonds. The van der Waals surface area contributed by atoms with Crippen molar-refractivity contribution in [1.82, 2.24) is 10.3 Å². The van der Waals surface area contributed by atoms with E-state index < -0.39 is 40.5 Å². The Kier molecular flexibility index (Phi) is 5.86. The van der Waals surface area contributed by atoms with Crippen molar-refractivity contribution in [3.8, 4) is 5.75 Å². The van der Waals surface area contributed by atoms with E-state index in [0.29, 0.717) is 5.56 Å². The van der Waals surface area contributed by atoms with Gasteiger partial charge in [0, 0.05) is 12.3 Å². The Morgan fingerprint density at radius 3 is 2.07 bits per heavy atom. The van der Waals surface area contributed by atoms with Gasteiger partial charge in [0.15, 0.2) is 11.4 Å². The van der Waals surface area contributed by atoms with Crippen molar-refractivity contribution in [3.63, 3.8) is 0 Å². The zero-order valence-corrected chi connectivity index (χ0v) is 14.1. The molecular formula is C16H18N2O10. The first kappa shape index (κ1) is 21.5. The van der Waals surface area contributed by atoms with Gasteiger partial charge < -0.3 is 50.8 Å². The van der Waals surface area contributed by atoms with Crippen molar-refractivity contribution in [3.05, 3.63) is 64.1 Å². The highest BCUT2D eigenvalue weighted by atomic mass is 16.7. The average Bonchev–Trinajstić information content (AvgIpc) is 2.59. The maximum absolute atomic E-state index is 12.4. The highest BCUT2D eigenvalue weighted by Crippen LogP contribution is 2.25. The Bertz CT molecular complexity index is 869. The minimum atomic E-state index is -4.40. The fraction of sp³-hybridized carbons (Fsp3) is 0.250. The van der Waals surface area contributed by atoms with E-state index in [9.17, 15) is 14.7 Å². The number of rotatable bonds is 7. The molecule has 0 bridgehead atoms. The Balaban J connectivity index is 2.35. The van der Waals surface area contributed by atoms with Crippen molar-refractivity contribution in [2.75, 3.05) is 0 Å². The molecule has 0 atom stereocenters. The lowest BCUT2D eigenvalue weighted by Crippen LogP contribution is -2.76. The van der Waals surface area contributed by atoms with Gasteiger partial charge in [0.25, 0.3) is 5.91 Å². The number of hydrogen-bond acceptors (Lipinski definition) is 10. The molecule has 12 nitrogen and oxygen atoms in total. The normalized spacial score (nSPS) is 12.5. The summed E-state index contributed by atoms with van der Waals surface area (Å²) in [6.45, 7) is -0.146. The standard InChI is InChI=1S/C16H18N2O10/c19-10-6-7-17-11(12(10)28-8-9-4-2-1-3-5-9)13(20)18-14(21,15(22,23)24)16(25,26)27/h1-7,21-27H,8H2,(H,17,19)(H,18,20). The summed E-state index contributed by atoms with van der Waals surface area (Å²) in [6, 6.07) is 9.50. The molecule has 1 heterocycles. The molecule has 0 aliphatic carbocycles. The molecule has 0 spiro atoms. The van der Waals surface area contributed by atoms with Crippen molar-refractivity contribution in [1.29, 1.82) is 0 Å². The van der Waals surface area contributed by atoms with E-state index in [1.807, 2.05) is 0 Å². The second-order valence-corrected chi connectivity index (χ2v) is 5.76. The van der Waals surface area contributed by atoms with Crippen LogP contribution in [0.2, 0.25) is 0 Å². The van der Waals surface area contributed by atoms with Crippen molar-refractivity contribution < 1.29 is 45.3 Å². The molecule has 28 heavy (non-hydrogen) atoms. The summed E-state index contributed by atoms with van der Waals surface area (Å²) < 4.78 is 5.30. The molecule has 0 unspecified atom stereocenters. The molecule has 1 aromatic heterocycles. The van der Waals surface area contributed by atoms with Crippen LogP contribution in [0.15, 0.2) is 47.4 Å². The molecule has 0 saturated carbocycles. The summed E-state index contributed by atoms with van der Waals surface area (Å²) in [7, 11) is 0. The van der Waals surface area contributed by atoms with Crippen molar-refractivity contribution >= 4 is 5.91 Å². The number of ether oxygens (including phenoxy) is 1. The number of amides is 1. The van der Waals surface area contributed by atoms with Crippen LogP contribution in [0, 0.1) is 0 Å². The van der Waals surface area contributed by atoms with Gasteiger partial charge in [0.1, 0.15) is 6.61 Å². The van der Waals surface area contributed by atoms with Gasteiger partial charge in [-0.2, -0.15) is 0 Å². The predicted molar refractivity (Wildman–Crippen MR) is 89.0 cm³/mol. The van der Waals surface area contributed by atoms with Crippen LogP contribution in [-0.2, 0) is 6.61 Å². The highest BCUT2D eigenvalue weighted by molar-refractivity contribution is 5.95. The van der Waals surface area contributed by atoms with Crippen molar-refractivity contribution in [2.45, 2.75) is 24.3 Å². The maximum atomic E-state index is 12.4. The van der Waals surface area contributed by atoms with Crippen LogP contribution in [0.4, 0.5) is 0 Å². The van der Waals surface area contributed by atoms with Gasteiger partial charge in [0.05, 0.1) is 0 Å². The van der Waals surface area contributed by atoms with Gasteiger partial charge in [-0.25, -0.2) is 0 Å². The van der Waals surface area contributed by atoms with Crippen LogP contribution < -0.4 is 15.5 Å². The summed E-state index contributed by atoms with van der Waals surface area (Å²) in [6.07, 6.45) is 1.01. The molecule has 152 valence electrons. The fourth-order valence-electron chi connectivity index (χ4n) is 2.13. The molecule has 2 aromatic rings. The summed E-state index contributed by atoms with van der Waals surface area (Å²) >= 11 is 0. The van der Waals surface area contributed by atoms with Crippen LogP contribution in [0.1, 0.15) is 16.1 Å². The minimum absolute atomic E-state index is 0.146. The molecule has 0 fully saturated rings. The monoisotopic (exact) mass is 398 g/mol. The van der Waals surface area contributed by atoms with E-state index in [1.54, 1.807) is 30.3 Å². The second-order valence-electron chi connectivity index (χ2n) is 5.76. The third-order valence-corrected chi connectivity index (χ3v) is 3.63. The van der Waals surface area contributed by atoms with Crippen LogP contribution in [0.5, 0.6) is 5.75 Å². The third-order valence-electron chi connectivity index (χ3n) is 3.63.